The van der Waals surface area contributed by atoms with Crippen LogP contribution in [0.5, 0.6) is 5.75 Å². The Labute approximate surface area is 99.9 Å². The molecule has 0 aliphatic carbocycles. The standard InChI is InChI=1S/C12H14N4O/c1-13-11-7-14-8-12(16-11)15-9-5-3-4-6-10(9)17-2/h3-8H,1-2H3,(H2,13,15,16). The summed E-state index contributed by atoms with van der Waals surface area (Å²) in [6, 6.07) is 7.66. The van der Waals surface area contributed by atoms with Crippen molar-refractivity contribution in [2.45, 2.75) is 0 Å². The van der Waals surface area contributed by atoms with Gasteiger partial charge < -0.3 is 15.4 Å². The fraction of sp³-hybridized carbons (Fsp3) is 0.167. The number of methoxy groups -OCH3 is 1. The lowest BCUT2D eigenvalue weighted by atomic mass is 10.3. The lowest BCUT2D eigenvalue weighted by molar-refractivity contribution is 0.417. The number of nitrogens with one attached hydrogen (secondary N) is 2. The third-order valence-corrected chi connectivity index (χ3v) is 2.26. The van der Waals surface area contributed by atoms with Gasteiger partial charge in [0.15, 0.2) is 5.82 Å². The lowest BCUT2D eigenvalue weighted by Crippen LogP contribution is -2.00. The third-order valence-electron chi connectivity index (χ3n) is 2.26. The monoisotopic (exact) mass is 230 g/mol. The van der Waals surface area contributed by atoms with Crippen LogP contribution in [0, 0.1) is 0 Å². The van der Waals surface area contributed by atoms with Crippen LogP contribution in [0.4, 0.5) is 17.3 Å². The number of rotatable bonds is 4. The molecule has 0 saturated carbocycles. The van der Waals surface area contributed by atoms with Crippen molar-refractivity contribution in [2.75, 3.05) is 24.8 Å². The topological polar surface area (TPSA) is 59.1 Å². The van der Waals surface area contributed by atoms with Crippen molar-refractivity contribution in [3.05, 3.63) is 36.7 Å². The number of nitrogens with zero attached hydrogens (tertiary/aromatic N) is 2. The SMILES string of the molecule is CNc1cncc(Nc2ccccc2OC)n1. The molecule has 5 heteroatoms. The zero-order valence-electron chi connectivity index (χ0n) is 9.77. The van der Waals surface area contributed by atoms with E-state index in [2.05, 4.69) is 20.6 Å². The summed E-state index contributed by atoms with van der Waals surface area (Å²) in [6.07, 6.45) is 3.32. The van der Waals surface area contributed by atoms with Crippen LogP contribution in [-0.4, -0.2) is 24.1 Å². The molecule has 0 atom stereocenters. The van der Waals surface area contributed by atoms with Gasteiger partial charge in [-0.15, -0.1) is 0 Å². The fourth-order valence-electron chi connectivity index (χ4n) is 1.43. The molecule has 0 bridgehead atoms. The van der Waals surface area contributed by atoms with Gasteiger partial charge in [-0.25, -0.2) is 4.98 Å². The Kier molecular flexibility index (Phi) is 3.40. The number of para-hydroxylation sites is 2. The highest BCUT2D eigenvalue weighted by Crippen LogP contribution is 2.26. The molecular weight excluding hydrogens is 216 g/mol. The van der Waals surface area contributed by atoms with Gasteiger partial charge >= 0.3 is 0 Å². The summed E-state index contributed by atoms with van der Waals surface area (Å²) < 4.78 is 5.25. The number of hydrogen-bond acceptors (Lipinski definition) is 5. The van der Waals surface area contributed by atoms with Crippen molar-refractivity contribution in [3.63, 3.8) is 0 Å². The lowest BCUT2D eigenvalue weighted by Gasteiger charge is -2.10. The van der Waals surface area contributed by atoms with Crippen LogP contribution < -0.4 is 15.4 Å². The molecule has 1 aromatic carbocycles. The molecule has 0 fully saturated rings. The van der Waals surface area contributed by atoms with E-state index in [0.29, 0.717) is 11.6 Å². The number of anilines is 3. The van der Waals surface area contributed by atoms with Crippen LogP contribution in [-0.2, 0) is 0 Å². The minimum Gasteiger partial charge on any atom is -0.495 e. The smallest absolute Gasteiger partial charge is 0.151 e. The predicted molar refractivity (Wildman–Crippen MR) is 67.9 cm³/mol. The van der Waals surface area contributed by atoms with Gasteiger partial charge in [-0.3, -0.25) is 4.98 Å². The maximum atomic E-state index is 5.25. The van der Waals surface area contributed by atoms with Crippen molar-refractivity contribution < 1.29 is 4.74 Å². The van der Waals surface area contributed by atoms with E-state index in [9.17, 15) is 0 Å². The molecule has 2 rings (SSSR count). The maximum Gasteiger partial charge on any atom is 0.151 e. The maximum absolute atomic E-state index is 5.25. The minimum atomic E-state index is 0.668. The van der Waals surface area contributed by atoms with Crippen LogP contribution in [0.25, 0.3) is 0 Å². The van der Waals surface area contributed by atoms with Gasteiger partial charge in [0, 0.05) is 7.05 Å². The summed E-state index contributed by atoms with van der Waals surface area (Å²) in [5.41, 5.74) is 0.859. The van der Waals surface area contributed by atoms with Gasteiger partial charge in [-0.05, 0) is 12.1 Å². The Hall–Kier alpha value is -2.30. The molecular formula is C12H14N4O. The van der Waals surface area contributed by atoms with Crippen LogP contribution in [0.2, 0.25) is 0 Å². The Morgan fingerprint density at radius 3 is 2.65 bits per heavy atom. The summed E-state index contributed by atoms with van der Waals surface area (Å²) in [5, 5.41) is 6.10. The largest absolute Gasteiger partial charge is 0.495 e. The Morgan fingerprint density at radius 1 is 1.12 bits per heavy atom. The van der Waals surface area contributed by atoms with E-state index in [4.69, 9.17) is 4.74 Å². The van der Waals surface area contributed by atoms with E-state index in [0.717, 1.165) is 11.4 Å². The molecule has 1 heterocycles. The Bertz CT molecular complexity index is 501. The molecule has 0 spiro atoms. The molecule has 0 amide bonds. The molecule has 0 aliphatic heterocycles. The van der Waals surface area contributed by atoms with Crippen molar-refractivity contribution >= 4 is 17.3 Å². The van der Waals surface area contributed by atoms with E-state index in [1.54, 1.807) is 26.6 Å². The zero-order chi connectivity index (χ0) is 12.1. The van der Waals surface area contributed by atoms with Gasteiger partial charge in [0.2, 0.25) is 0 Å². The quantitative estimate of drug-likeness (QED) is 0.843. The number of ether oxygens (including phenoxy) is 1. The molecule has 17 heavy (non-hydrogen) atoms. The highest BCUT2D eigenvalue weighted by atomic mass is 16.5. The summed E-state index contributed by atoms with van der Waals surface area (Å²) in [7, 11) is 3.44. The first-order valence-electron chi connectivity index (χ1n) is 5.23. The van der Waals surface area contributed by atoms with Gasteiger partial charge in [0.05, 0.1) is 25.2 Å². The summed E-state index contributed by atoms with van der Waals surface area (Å²) in [4.78, 5) is 8.40. The Balaban J connectivity index is 2.24. The summed E-state index contributed by atoms with van der Waals surface area (Å²) >= 11 is 0. The van der Waals surface area contributed by atoms with E-state index in [1.807, 2.05) is 24.3 Å². The Morgan fingerprint density at radius 2 is 1.88 bits per heavy atom. The molecule has 0 radical (unpaired) electrons. The highest BCUT2D eigenvalue weighted by Gasteiger charge is 2.03. The van der Waals surface area contributed by atoms with E-state index < -0.39 is 0 Å². The van der Waals surface area contributed by atoms with Crippen molar-refractivity contribution in [3.8, 4) is 5.75 Å². The molecule has 2 aromatic rings. The minimum absolute atomic E-state index is 0.668. The van der Waals surface area contributed by atoms with Crippen LogP contribution in [0.3, 0.4) is 0 Å². The third kappa shape index (κ3) is 2.63. The number of aromatic nitrogens is 2. The molecule has 0 aliphatic rings. The van der Waals surface area contributed by atoms with Crippen LogP contribution in [0.15, 0.2) is 36.7 Å². The first-order chi connectivity index (χ1) is 8.33. The first-order valence-corrected chi connectivity index (χ1v) is 5.23. The first kappa shape index (κ1) is 11.2. The molecule has 88 valence electrons. The van der Waals surface area contributed by atoms with E-state index >= 15 is 0 Å². The molecule has 5 nitrogen and oxygen atoms in total. The van der Waals surface area contributed by atoms with Gasteiger partial charge in [-0.1, -0.05) is 12.1 Å². The van der Waals surface area contributed by atoms with Crippen LogP contribution >= 0.6 is 0 Å². The highest BCUT2D eigenvalue weighted by molar-refractivity contribution is 5.64. The summed E-state index contributed by atoms with van der Waals surface area (Å²) in [6.45, 7) is 0. The number of benzene rings is 1. The van der Waals surface area contributed by atoms with Crippen molar-refractivity contribution in [1.82, 2.24) is 9.97 Å². The molecule has 1 aromatic heterocycles. The van der Waals surface area contributed by atoms with E-state index in [1.165, 1.54) is 0 Å². The predicted octanol–water partition coefficient (Wildman–Crippen LogP) is 2.27. The normalized spacial score (nSPS) is 9.76. The molecule has 0 saturated heterocycles. The van der Waals surface area contributed by atoms with Gasteiger partial charge in [-0.2, -0.15) is 0 Å². The average Bonchev–Trinajstić information content (AvgIpc) is 2.39. The fourth-order valence-corrected chi connectivity index (χ4v) is 1.43. The summed E-state index contributed by atoms with van der Waals surface area (Å²) in [5.74, 6) is 2.15. The van der Waals surface area contributed by atoms with E-state index in [-0.39, 0.29) is 0 Å². The molecule has 0 unspecified atom stereocenters. The number of hydrogen-bond donors (Lipinski definition) is 2. The van der Waals surface area contributed by atoms with Gasteiger partial charge in [0.1, 0.15) is 11.6 Å². The van der Waals surface area contributed by atoms with Crippen molar-refractivity contribution in [2.24, 2.45) is 0 Å². The average molecular weight is 230 g/mol. The van der Waals surface area contributed by atoms with Crippen LogP contribution in [0.1, 0.15) is 0 Å². The zero-order valence-corrected chi connectivity index (χ0v) is 9.77. The second-order valence-electron chi connectivity index (χ2n) is 3.36. The second-order valence-corrected chi connectivity index (χ2v) is 3.36. The van der Waals surface area contributed by atoms with Crippen molar-refractivity contribution in [1.29, 1.82) is 0 Å². The molecule has 2 N–H and O–H groups in total. The second kappa shape index (κ2) is 5.16. The van der Waals surface area contributed by atoms with Gasteiger partial charge in [0.25, 0.3) is 0 Å².